The minimum Gasteiger partial charge on any atom is -0.412 e. The Bertz CT molecular complexity index is 61.8. The first-order valence-electron chi connectivity index (χ1n) is 1.77. The average Bonchev–Trinajstić information content (AvgIpc) is 1.65. The van der Waals surface area contributed by atoms with Crippen LogP contribution in [0.4, 0.5) is 0 Å². The lowest BCUT2D eigenvalue weighted by atomic mass is 10.00. The molecule has 0 bridgehead atoms. The molecule has 1 N–H and O–H groups in total. The van der Waals surface area contributed by atoms with Crippen LogP contribution >= 0.6 is 0 Å². The summed E-state index contributed by atoms with van der Waals surface area (Å²) in [6.07, 6.45) is 0.608. The summed E-state index contributed by atoms with van der Waals surface area (Å²) in [5.74, 6) is 0. The van der Waals surface area contributed by atoms with Crippen molar-refractivity contribution in [1.29, 1.82) is 0 Å². The molecule has 0 aliphatic heterocycles. The van der Waals surface area contributed by atoms with E-state index in [0.717, 1.165) is 0 Å². The molecule has 0 saturated heterocycles. The smallest absolute Gasteiger partial charge is 0.140 e. The van der Waals surface area contributed by atoms with Crippen LogP contribution in [0.2, 0.25) is 0 Å². The van der Waals surface area contributed by atoms with E-state index >= 15 is 0 Å². The fourth-order valence-corrected chi connectivity index (χ4v) is 0.0707. The van der Waals surface area contributed by atoms with Crippen molar-refractivity contribution < 1.29 is 5.21 Å². The van der Waals surface area contributed by atoms with Crippen molar-refractivity contribution in [3.05, 3.63) is 0 Å². The van der Waals surface area contributed by atoms with Crippen molar-refractivity contribution in [2.45, 2.75) is 13.3 Å². The maximum Gasteiger partial charge on any atom is 0.140 e. The van der Waals surface area contributed by atoms with Crippen molar-refractivity contribution in [1.82, 2.24) is 0 Å². The molecule has 0 saturated carbocycles. The van der Waals surface area contributed by atoms with E-state index in [9.17, 15) is 0 Å². The van der Waals surface area contributed by atoms with Gasteiger partial charge < -0.3 is 5.21 Å². The summed E-state index contributed by atoms with van der Waals surface area (Å²) in [6, 6.07) is 0. The quantitative estimate of drug-likeness (QED) is 0.211. The molecule has 0 amide bonds. The fraction of sp³-hybridized carbons (Fsp3) is 0.667. The van der Waals surface area contributed by atoms with E-state index in [0.29, 0.717) is 6.42 Å². The summed E-state index contributed by atoms with van der Waals surface area (Å²) < 4.78 is 0. The molecule has 2 radical (unpaired) electrons. The van der Waals surface area contributed by atoms with Gasteiger partial charge >= 0.3 is 0 Å². The highest BCUT2D eigenvalue weighted by atomic mass is 16.4. The Labute approximate surface area is 38.3 Å². The molecule has 0 heterocycles. The average molecular weight is 82.9 g/mol. The van der Waals surface area contributed by atoms with Crippen LogP contribution in [-0.4, -0.2) is 18.7 Å². The Morgan fingerprint density at radius 3 is 2.50 bits per heavy atom. The minimum absolute atomic E-state index is 0.273. The van der Waals surface area contributed by atoms with Crippen molar-refractivity contribution in [2.75, 3.05) is 0 Å². The van der Waals surface area contributed by atoms with E-state index in [1.54, 1.807) is 0 Å². The Morgan fingerprint density at radius 1 is 2.00 bits per heavy atom. The molecule has 3 heteroatoms. The first-order chi connectivity index (χ1) is 2.81. The molecule has 32 valence electrons. The third-order valence-corrected chi connectivity index (χ3v) is 0.491. The summed E-state index contributed by atoms with van der Waals surface area (Å²) in [5.41, 5.74) is 0.273. The highest BCUT2D eigenvalue weighted by Gasteiger charge is 1.77. The lowest BCUT2D eigenvalue weighted by Gasteiger charge is -1.82. The zero-order valence-corrected chi connectivity index (χ0v) is 3.68. The summed E-state index contributed by atoms with van der Waals surface area (Å²) in [6.45, 7) is 1.81. The third kappa shape index (κ3) is 1.82. The normalized spacial score (nSPS) is 11.8. The zero-order chi connectivity index (χ0) is 4.99. The summed E-state index contributed by atoms with van der Waals surface area (Å²) in [7, 11) is 4.97. The standard InChI is InChI=1S/C3H6BNO/c1-2-3(4)5-6/h6H,2H2,1H3/b5-3+. The molecule has 0 fully saturated rings. The molecule has 0 atom stereocenters. The van der Waals surface area contributed by atoms with Crippen LogP contribution in [-0.2, 0) is 0 Å². The van der Waals surface area contributed by atoms with Crippen molar-refractivity contribution >= 4 is 13.5 Å². The summed E-state index contributed by atoms with van der Waals surface area (Å²) in [5, 5.41) is 10.5. The lowest BCUT2D eigenvalue weighted by Crippen LogP contribution is -1.91. The number of rotatable bonds is 1. The Morgan fingerprint density at radius 2 is 2.50 bits per heavy atom. The highest BCUT2D eigenvalue weighted by Crippen LogP contribution is 1.73. The monoisotopic (exact) mass is 83.1 g/mol. The van der Waals surface area contributed by atoms with E-state index in [4.69, 9.17) is 13.1 Å². The molecule has 6 heavy (non-hydrogen) atoms. The Balaban J connectivity index is 3.22. The Kier molecular flexibility index (Phi) is 2.54. The fourth-order valence-electron chi connectivity index (χ4n) is 0.0707. The predicted octanol–water partition coefficient (Wildman–Crippen LogP) is 0.353. The van der Waals surface area contributed by atoms with E-state index in [1.807, 2.05) is 6.92 Å². The van der Waals surface area contributed by atoms with E-state index in [-0.39, 0.29) is 5.61 Å². The lowest BCUT2D eigenvalue weighted by molar-refractivity contribution is 0.319. The molecular weight excluding hydrogens is 76.9 g/mol. The van der Waals surface area contributed by atoms with Gasteiger partial charge in [-0.1, -0.05) is 6.92 Å². The van der Waals surface area contributed by atoms with Gasteiger partial charge in [-0.05, 0) is 6.42 Å². The zero-order valence-electron chi connectivity index (χ0n) is 3.68. The first-order valence-corrected chi connectivity index (χ1v) is 1.77. The van der Waals surface area contributed by atoms with Gasteiger partial charge in [-0.25, -0.2) is 0 Å². The van der Waals surface area contributed by atoms with E-state index in [2.05, 4.69) is 5.16 Å². The maximum absolute atomic E-state index is 7.80. The van der Waals surface area contributed by atoms with Crippen LogP contribution in [0, 0.1) is 0 Å². The largest absolute Gasteiger partial charge is 0.412 e. The van der Waals surface area contributed by atoms with Gasteiger partial charge in [0.15, 0.2) is 0 Å². The molecule has 0 aromatic rings. The van der Waals surface area contributed by atoms with Crippen molar-refractivity contribution in [2.24, 2.45) is 5.16 Å². The minimum atomic E-state index is 0.273. The molecule has 2 nitrogen and oxygen atoms in total. The molecule has 0 aliphatic rings. The van der Waals surface area contributed by atoms with Crippen LogP contribution < -0.4 is 0 Å². The second-order valence-electron chi connectivity index (χ2n) is 0.945. The van der Waals surface area contributed by atoms with Crippen LogP contribution in [0.3, 0.4) is 0 Å². The molecule has 0 unspecified atom stereocenters. The number of nitrogens with zero attached hydrogens (tertiary/aromatic N) is 1. The van der Waals surface area contributed by atoms with Gasteiger partial charge in [0.1, 0.15) is 7.85 Å². The van der Waals surface area contributed by atoms with Crippen LogP contribution in [0.25, 0.3) is 0 Å². The van der Waals surface area contributed by atoms with Crippen LogP contribution in [0.5, 0.6) is 0 Å². The van der Waals surface area contributed by atoms with Crippen LogP contribution in [0.1, 0.15) is 13.3 Å². The van der Waals surface area contributed by atoms with Crippen LogP contribution in [0.15, 0.2) is 5.16 Å². The second-order valence-corrected chi connectivity index (χ2v) is 0.945. The first kappa shape index (κ1) is 5.53. The van der Waals surface area contributed by atoms with Gasteiger partial charge in [-0.3, -0.25) is 0 Å². The number of oxime groups is 1. The molecule has 0 aromatic carbocycles. The SMILES string of the molecule is [B]/C(CC)=N/O. The molecule has 0 spiro atoms. The number of hydrogen-bond acceptors (Lipinski definition) is 2. The predicted molar refractivity (Wildman–Crippen MR) is 25.3 cm³/mol. The van der Waals surface area contributed by atoms with Crippen molar-refractivity contribution in [3.63, 3.8) is 0 Å². The topological polar surface area (TPSA) is 32.6 Å². The van der Waals surface area contributed by atoms with Gasteiger partial charge in [-0.15, -0.1) is 5.16 Å². The molecule has 0 rings (SSSR count). The molecule has 0 aliphatic carbocycles. The van der Waals surface area contributed by atoms with Gasteiger partial charge in [0.05, 0.1) is 0 Å². The van der Waals surface area contributed by atoms with E-state index in [1.165, 1.54) is 0 Å². The van der Waals surface area contributed by atoms with Gasteiger partial charge in [0.25, 0.3) is 0 Å². The van der Waals surface area contributed by atoms with Gasteiger partial charge in [0, 0.05) is 5.61 Å². The third-order valence-electron chi connectivity index (χ3n) is 0.491. The highest BCUT2D eigenvalue weighted by molar-refractivity contribution is 6.59. The number of hydrogen-bond donors (Lipinski definition) is 1. The maximum atomic E-state index is 7.80. The molecule has 0 aromatic heterocycles. The Hall–Kier alpha value is -0.465. The summed E-state index contributed by atoms with van der Waals surface area (Å²) >= 11 is 0. The summed E-state index contributed by atoms with van der Waals surface area (Å²) in [4.78, 5) is 0. The van der Waals surface area contributed by atoms with Gasteiger partial charge in [-0.2, -0.15) is 0 Å². The van der Waals surface area contributed by atoms with E-state index < -0.39 is 0 Å². The second kappa shape index (κ2) is 2.76. The molecular formula is C3H6BNO. The van der Waals surface area contributed by atoms with Crippen molar-refractivity contribution in [3.8, 4) is 0 Å². The van der Waals surface area contributed by atoms with Gasteiger partial charge in [0.2, 0.25) is 0 Å².